The summed E-state index contributed by atoms with van der Waals surface area (Å²) in [5, 5.41) is 6.55. The van der Waals surface area contributed by atoms with Gasteiger partial charge >= 0.3 is 0 Å². The fourth-order valence-electron chi connectivity index (χ4n) is 3.14. The van der Waals surface area contributed by atoms with Crippen molar-refractivity contribution in [2.75, 3.05) is 13.1 Å². The Hall–Kier alpha value is -0.570. The molecule has 1 heterocycles. The van der Waals surface area contributed by atoms with Gasteiger partial charge in [-0.25, -0.2) is 0 Å². The van der Waals surface area contributed by atoms with Crippen LogP contribution in [0.15, 0.2) is 0 Å². The SMILES string of the molecule is CC1(CNC(=O)C2(C)CCCCN2)CCCC1. The molecule has 0 spiro atoms. The summed E-state index contributed by atoms with van der Waals surface area (Å²) in [5.41, 5.74) is 0.0217. The average molecular weight is 238 g/mol. The first-order valence-electron chi connectivity index (χ1n) is 7.08. The topological polar surface area (TPSA) is 41.1 Å². The molecule has 0 radical (unpaired) electrons. The smallest absolute Gasteiger partial charge is 0.240 e. The molecule has 3 heteroatoms. The van der Waals surface area contributed by atoms with Crippen LogP contribution in [0, 0.1) is 5.41 Å². The van der Waals surface area contributed by atoms with Gasteiger partial charge in [-0.2, -0.15) is 0 Å². The molecule has 1 saturated heterocycles. The van der Waals surface area contributed by atoms with Crippen LogP contribution in [0.25, 0.3) is 0 Å². The van der Waals surface area contributed by atoms with Crippen LogP contribution in [0.3, 0.4) is 0 Å². The molecule has 2 fully saturated rings. The van der Waals surface area contributed by atoms with E-state index in [0.717, 1.165) is 25.9 Å². The molecule has 0 aromatic carbocycles. The van der Waals surface area contributed by atoms with Crippen molar-refractivity contribution >= 4 is 5.91 Å². The second-order valence-electron chi connectivity index (χ2n) is 6.42. The van der Waals surface area contributed by atoms with Gasteiger partial charge in [-0.1, -0.05) is 19.8 Å². The number of rotatable bonds is 3. The zero-order valence-corrected chi connectivity index (χ0v) is 11.3. The molecule has 1 atom stereocenters. The van der Waals surface area contributed by atoms with Gasteiger partial charge in [0.2, 0.25) is 5.91 Å². The van der Waals surface area contributed by atoms with Crippen LogP contribution in [0.2, 0.25) is 0 Å². The molecule has 1 aliphatic carbocycles. The molecule has 1 aliphatic heterocycles. The number of hydrogen-bond acceptors (Lipinski definition) is 2. The lowest BCUT2D eigenvalue weighted by atomic mass is 9.87. The Bertz CT molecular complexity index is 276. The summed E-state index contributed by atoms with van der Waals surface area (Å²) in [6, 6.07) is 0. The first kappa shape index (κ1) is 12.9. The number of piperidine rings is 1. The minimum atomic E-state index is -0.326. The van der Waals surface area contributed by atoms with Crippen molar-refractivity contribution in [2.24, 2.45) is 5.41 Å². The fourth-order valence-corrected chi connectivity index (χ4v) is 3.14. The third-order valence-electron chi connectivity index (χ3n) is 4.61. The zero-order chi connectivity index (χ0) is 12.4. The molecule has 0 aromatic rings. The Labute approximate surface area is 105 Å². The quantitative estimate of drug-likeness (QED) is 0.791. The summed E-state index contributed by atoms with van der Waals surface area (Å²) >= 11 is 0. The van der Waals surface area contributed by atoms with Gasteiger partial charge in [0.05, 0.1) is 5.54 Å². The Kier molecular flexibility index (Phi) is 3.76. The predicted octanol–water partition coefficient (Wildman–Crippen LogP) is 2.22. The maximum absolute atomic E-state index is 12.2. The maximum atomic E-state index is 12.2. The van der Waals surface area contributed by atoms with Crippen LogP contribution in [0.1, 0.15) is 58.8 Å². The molecule has 1 amide bonds. The van der Waals surface area contributed by atoms with Crippen molar-refractivity contribution in [3.63, 3.8) is 0 Å². The second kappa shape index (κ2) is 4.97. The van der Waals surface area contributed by atoms with E-state index in [0.29, 0.717) is 5.41 Å². The monoisotopic (exact) mass is 238 g/mol. The van der Waals surface area contributed by atoms with Gasteiger partial charge in [0.1, 0.15) is 0 Å². The van der Waals surface area contributed by atoms with E-state index in [1.165, 1.54) is 32.1 Å². The third-order valence-corrected chi connectivity index (χ3v) is 4.61. The molecule has 1 unspecified atom stereocenters. The van der Waals surface area contributed by atoms with Crippen molar-refractivity contribution < 1.29 is 4.79 Å². The number of carbonyl (C=O) groups excluding carboxylic acids is 1. The van der Waals surface area contributed by atoms with Gasteiger partial charge in [0.15, 0.2) is 0 Å². The molecule has 17 heavy (non-hydrogen) atoms. The van der Waals surface area contributed by atoms with E-state index in [9.17, 15) is 4.79 Å². The van der Waals surface area contributed by atoms with Gasteiger partial charge < -0.3 is 10.6 Å². The number of carbonyl (C=O) groups is 1. The highest BCUT2D eigenvalue weighted by atomic mass is 16.2. The van der Waals surface area contributed by atoms with Gasteiger partial charge in [0, 0.05) is 6.54 Å². The summed E-state index contributed by atoms with van der Waals surface area (Å²) in [6.45, 7) is 6.17. The van der Waals surface area contributed by atoms with Crippen LogP contribution in [0.4, 0.5) is 0 Å². The minimum absolute atomic E-state index is 0.199. The van der Waals surface area contributed by atoms with Crippen molar-refractivity contribution in [1.29, 1.82) is 0 Å². The maximum Gasteiger partial charge on any atom is 0.240 e. The highest BCUT2D eigenvalue weighted by Crippen LogP contribution is 2.36. The molecule has 2 aliphatic rings. The average Bonchev–Trinajstić information content (AvgIpc) is 2.75. The highest BCUT2D eigenvalue weighted by Gasteiger charge is 2.36. The van der Waals surface area contributed by atoms with E-state index >= 15 is 0 Å². The summed E-state index contributed by atoms with van der Waals surface area (Å²) in [4.78, 5) is 12.2. The zero-order valence-electron chi connectivity index (χ0n) is 11.3. The number of amides is 1. The Morgan fingerprint density at radius 3 is 2.35 bits per heavy atom. The van der Waals surface area contributed by atoms with Gasteiger partial charge in [-0.05, 0) is 51.0 Å². The molecular weight excluding hydrogens is 212 g/mol. The lowest BCUT2D eigenvalue weighted by molar-refractivity contribution is -0.128. The largest absolute Gasteiger partial charge is 0.354 e. The van der Waals surface area contributed by atoms with E-state index in [1.54, 1.807) is 0 Å². The Balaban J connectivity index is 1.84. The first-order chi connectivity index (χ1) is 8.04. The molecule has 0 bridgehead atoms. The van der Waals surface area contributed by atoms with Crippen molar-refractivity contribution in [2.45, 2.75) is 64.3 Å². The predicted molar refractivity (Wildman–Crippen MR) is 69.8 cm³/mol. The lowest BCUT2D eigenvalue weighted by Crippen LogP contribution is -2.57. The minimum Gasteiger partial charge on any atom is -0.354 e. The van der Waals surface area contributed by atoms with Crippen LogP contribution in [0.5, 0.6) is 0 Å². The number of hydrogen-bond donors (Lipinski definition) is 2. The molecular formula is C14H26N2O. The second-order valence-corrected chi connectivity index (χ2v) is 6.42. The van der Waals surface area contributed by atoms with E-state index < -0.39 is 0 Å². The van der Waals surface area contributed by atoms with Crippen LogP contribution in [-0.4, -0.2) is 24.5 Å². The molecule has 2 N–H and O–H groups in total. The van der Waals surface area contributed by atoms with E-state index in [1.807, 2.05) is 6.92 Å². The standard InChI is InChI=1S/C14H26N2O/c1-13(7-3-4-8-13)11-15-12(17)14(2)9-5-6-10-16-14/h16H,3-11H2,1-2H3,(H,15,17). The summed E-state index contributed by atoms with van der Waals surface area (Å²) in [7, 11) is 0. The molecule has 98 valence electrons. The van der Waals surface area contributed by atoms with Crippen molar-refractivity contribution in [3.8, 4) is 0 Å². The van der Waals surface area contributed by atoms with E-state index in [4.69, 9.17) is 0 Å². The summed E-state index contributed by atoms with van der Waals surface area (Å²) in [5.74, 6) is 0.199. The molecule has 1 saturated carbocycles. The Morgan fingerprint density at radius 1 is 1.12 bits per heavy atom. The van der Waals surface area contributed by atoms with Crippen molar-refractivity contribution in [3.05, 3.63) is 0 Å². The molecule has 0 aromatic heterocycles. The summed E-state index contributed by atoms with van der Waals surface area (Å²) < 4.78 is 0. The van der Waals surface area contributed by atoms with Crippen LogP contribution < -0.4 is 10.6 Å². The third kappa shape index (κ3) is 3.01. The van der Waals surface area contributed by atoms with Gasteiger partial charge in [-0.3, -0.25) is 4.79 Å². The van der Waals surface area contributed by atoms with Gasteiger partial charge in [0.25, 0.3) is 0 Å². The van der Waals surface area contributed by atoms with Crippen LogP contribution in [-0.2, 0) is 4.79 Å². The summed E-state index contributed by atoms with van der Waals surface area (Å²) in [6.07, 6.45) is 8.49. The van der Waals surface area contributed by atoms with Crippen molar-refractivity contribution in [1.82, 2.24) is 10.6 Å². The normalized spacial score (nSPS) is 32.4. The lowest BCUT2D eigenvalue weighted by Gasteiger charge is -2.35. The molecule has 3 nitrogen and oxygen atoms in total. The number of nitrogens with one attached hydrogen (secondary N) is 2. The highest BCUT2D eigenvalue weighted by molar-refractivity contribution is 5.86. The van der Waals surface area contributed by atoms with Gasteiger partial charge in [-0.15, -0.1) is 0 Å². The fraction of sp³-hybridized carbons (Fsp3) is 0.929. The Morgan fingerprint density at radius 2 is 1.76 bits per heavy atom. The van der Waals surface area contributed by atoms with Crippen LogP contribution >= 0.6 is 0 Å². The van der Waals surface area contributed by atoms with E-state index in [2.05, 4.69) is 17.6 Å². The molecule has 2 rings (SSSR count). The van der Waals surface area contributed by atoms with E-state index in [-0.39, 0.29) is 11.4 Å². The first-order valence-corrected chi connectivity index (χ1v) is 7.08.